The average molecular weight is 422 g/mol. The summed E-state index contributed by atoms with van der Waals surface area (Å²) in [6, 6.07) is 0. The zero-order chi connectivity index (χ0) is 20.4. The van der Waals surface area contributed by atoms with Crippen LogP contribution in [0.2, 0.25) is 0 Å². The number of aryl methyl sites for hydroxylation is 1. The standard InChI is InChI=1S/C16H27N2O7PS/c1-9(2)22-8-13-12(25-26(20,21)24-10(3)4)6-14(23-13)18-7-11(5)15(19)17-16(18)27/h7,9-10,12-14H,6,8H2,1-5H3,(H,20,21)(H,17,19,27)/t12?,13-,14-/m1/s1. The molecule has 2 rings (SSSR count). The van der Waals surface area contributed by atoms with Crippen molar-refractivity contribution < 1.29 is 28.0 Å². The third-order valence-electron chi connectivity index (χ3n) is 3.84. The van der Waals surface area contributed by atoms with E-state index in [-0.39, 0.29) is 29.5 Å². The van der Waals surface area contributed by atoms with Crippen LogP contribution in [0.5, 0.6) is 0 Å². The number of ether oxygens (including phenoxy) is 2. The molecule has 154 valence electrons. The minimum absolute atomic E-state index is 0.0429. The summed E-state index contributed by atoms with van der Waals surface area (Å²) in [5.41, 5.74) is 0.203. The fourth-order valence-corrected chi connectivity index (χ4v) is 4.09. The van der Waals surface area contributed by atoms with E-state index >= 15 is 0 Å². The van der Waals surface area contributed by atoms with Crippen molar-refractivity contribution >= 4 is 20.0 Å². The van der Waals surface area contributed by atoms with Crippen LogP contribution in [0.25, 0.3) is 0 Å². The highest BCUT2D eigenvalue weighted by molar-refractivity contribution is 7.71. The molecule has 9 nitrogen and oxygen atoms in total. The number of aromatic amines is 1. The molecule has 1 aliphatic heterocycles. The van der Waals surface area contributed by atoms with Crippen LogP contribution in [0.1, 0.15) is 45.9 Å². The van der Waals surface area contributed by atoms with Crippen LogP contribution in [0, 0.1) is 11.7 Å². The Morgan fingerprint density at radius 1 is 1.41 bits per heavy atom. The molecule has 4 atom stereocenters. The molecule has 0 amide bonds. The SMILES string of the molecule is Cc1cn([C@H]2CC(OP(=O)(O)OC(C)C)[C@@H](COC(C)C)O2)c(=S)[nH]c1=O. The summed E-state index contributed by atoms with van der Waals surface area (Å²) >= 11 is 5.21. The van der Waals surface area contributed by atoms with Gasteiger partial charge in [-0.25, -0.2) is 4.57 Å². The Kier molecular flexibility index (Phi) is 7.54. The molecule has 0 spiro atoms. The second kappa shape index (κ2) is 9.09. The summed E-state index contributed by atoms with van der Waals surface area (Å²) in [5, 5.41) is 0. The number of rotatable bonds is 8. The van der Waals surface area contributed by atoms with Gasteiger partial charge < -0.3 is 14.4 Å². The maximum Gasteiger partial charge on any atom is 0.472 e. The molecule has 0 bridgehead atoms. The van der Waals surface area contributed by atoms with Crippen LogP contribution >= 0.6 is 20.0 Å². The number of phosphoric acid groups is 1. The normalized spacial score (nSPS) is 25.3. The van der Waals surface area contributed by atoms with Gasteiger partial charge in [0.2, 0.25) is 0 Å². The Hall–Kier alpha value is -0.870. The van der Waals surface area contributed by atoms with Gasteiger partial charge in [0.15, 0.2) is 4.77 Å². The van der Waals surface area contributed by atoms with Gasteiger partial charge in [-0.1, -0.05) is 0 Å². The van der Waals surface area contributed by atoms with E-state index in [1.165, 1.54) is 0 Å². The van der Waals surface area contributed by atoms with Gasteiger partial charge in [-0.2, -0.15) is 0 Å². The first-order valence-electron chi connectivity index (χ1n) is 8.77. The Balaban J connectivity index is 2.23. The average Bonchev–Trinajstić information content (AvgIpc) is 2.89. The molecule has 0 aliphatic carbocycles. The summed E-state index contributed by atoms with van der Waals surface area (Å²) in [6.07, 6.45) is -0.577. The smallest absolute Gasteiger partial charge is 0.376 e. The van der Waals surface area contributed by atoms with Gasteiger partial charge in [0, 0.05) is 18.2 Å². The van der Waals surface area contributed by atoms with Gasteiger partial charge in [0.25, 0.3) is 5.56 Å². The van der Waals surface area contributed by atoms with Crippen molar-refractivity contribution in [3.05, 3.63) is 26.9 Å². The first kappa shape index (κ1) is 22.4. The predicted octanol–water partition coefficient (Wildman–Crippen LogP) is 2.84. The van der Waals surface area contributed by atoms with Gasteiger partial charge in [0.1, 0.15) is 18.4 Å². The first-order chi connectivity index (χ1) is 12.5. The second-order valence-corrected chi connectivity index (χ2v) is 8.74. The Bertz CT molecular complexity index is 807. The van der Waals surface area contributed by atoms with Crippen molar-refractivity contribution in [3.63, 3.8) is 0 Å². The summed E-state index contributed by atoms with van der Waals surface area (Å²) in [5.74, 6) is 0. The monoisotopic (exact) mass is 422 g/mol. The molecule has 11 heteroatoms. The number of phosphoric ester groups is 1. The van der Waals surface area contributed by atoms with Gasteiger partial charge in [-0.15, -0.1) is 0 Å². The Morgan fingerprint density at radius 2 is 2.07 bits per heavy atom. The molecular formula is C16H27N2O7PS. The quantitative estimate of drug-likeness (QED) is 0.486. The first-order valence-corrected chi connectivity index (χ1v) is 10.7. The van der Waals surface area contributed by atoms with E-state index < -0.39 is 32.4 Å². The van der Waals surface area contributed by atoms with Crippen LogP contribution < -0.4 is 5.56 Å². The van der Waals surface area contributed by atoms with Crippen LogP contribution in [0.4, 0.5) is 0 Å². The van der Waals surface area contributed by atoms with E-state index in [9.17, 15) is 14.3 Å². The van der Waals surface area contributed by atoms with E-state index in [2.05, 4.69) is 4.98 Å². The van der Waals surface area contributed by atoms with Crippen molar-refractivity contribution in [2.24, 2.45) is 0 Å². The molecule has 2 heterocycles. The van der Waals surface area contributed by atoms with Crippen LogP contribution in [-0.4, -0.2) is 45.5 Å². The lowest BCUT2D eigenvalue weighted by atomic mass is 10.2. The van der Waals surface area contributed by atoms with E-state index in [1.807, 2.05) is 13.8 Å². The lowest BCUT2D eigenvalue weighted by molar-refractivity contribution is -0.0746. The molecule has 1 aromatic heterocycles. The van der Waals surface area contributed by atoms with E-state index in [0.29, 0.717) is 5.56 Å². The zero-order valence-corrected chi connectivity index (χ0v) is 17.8. The van der Waals surface area contributed by atoms with Gasteiger partial charge in [-0.05, 0) is 46.8 Å². The fourth-order valence-electron chi connectivity index (χ4n) is 2.68. The third kappa shape index (κ3) is 6.32. The molecule has 0 aromatic carbocycles. The van der Waals surface area contributed by atoms with Crippen LogP contribution in [0.15, 0.2) is 11.0 Å². The highest BCUT2D eigenvalue weighted by Gasteiger charge is 2.42. The van der Waals surface area contributed by atoms with Crippen LogP contribution in [0.3, 0.4) is 0 Å². The minimum atomic E-state index is -4.26. The number of H-pyrrole nitrogens is 1. The molecule has 2 N–H and O–H groups in total. The zero-order valence-electron chi connectivity index (χ0n) is 16.1. The number of nitrogens with one attached hydrogen (secondary N) is 1. The molecule has 0 saturated carbocycles. The predicted molar refractivity (Wildman–Crippen MR) is 101 cm³/mol. The second-order valence-electron chi connectivity index (χ2n) is 6.99. The number of hydrogen-bond donors (Lipinski definition) is 2. The molecule has 0 radical (unpaired) electrons. The van der Waals surface area contributed by atoms with Gasteiger partial charge in [0.05, 0.1) is 18.8 Å². The van der Waals surface area contributed by atoms with Gasteiger partial charge in [-0.3, -0.25) is 23.4 Å². The van der Waals surface area contributed by atoms with Gasteiger partial charge >= 0.3 is 7.82 Å². The van der Waals surface area contributed by atoms with Crippen LogP contribution in [-0.2, 0) is 23.1 Å². The lowest BCUT2D eigenvalue weighted by Gasteiger charge is -2.22. The molecule has 1 fully saturated rings. The number of nitrogens with zero attached hydrogens (tertiary/aromatic N) is 1. The number of hydrogen-bond acceptors (Lipinski definition) is 7. The van der Waals surface area contributed by atoms with Crippen molar-refractivity contribution in [2.75, 3.05) is 6.61 Å². The highest BCUT2D eigenvalue weighted by atomic mass is 32.1. The molecule has 1 aliphatic rings. The van der Waals surface area contributed by atoms with E-state index in [0.717, 1.165) is 0 Å². The minimum Gasteiger partial charge on any atom is -0.376 e. The van der Waals surface area contributed by atoms with Crippen molar-refractivity contribution in [3.8, 4) is 0 Å². The van der Waals surface area contributed by atoms with E-state index in [1.54, 1.807) is 31.5 Å². The molecule has 2 unspecified atom stereocenters. The van der Waals surface area contributed by atoms with Crippen molar-refractivity contribution in [1.29, 1.82) is 0 Å². The largest absolute Gasteiger partial charge is 0.472 e. The lowest BCUT2D eigenvalue weighted by Crippen LogP contribution is -2.30. The van der Waals surface area contributed by atoms with E-state index in [4.69, 9.17) is 30.7 Å². The molecule has 1 saturated heterocycles. The fraction of sp³-hybridized carbons (Fsp3) is 0.750. The maximum atomic E-state index is 12.2. The molecule has 1 aromatic rings. The highest BCUT2D eigenvalue weighted by Crippen LogP contribution is 2.49. The van der Waals surface area contributed by atoms with Crippen molar-refractivity contribution in [1.82, 2.24) is 9.55 Å². The summed E-state index contributed by atoms with van der Waals surface area (Å²) < 4.78 is 35.9. The summed E-state index contributed by atoms with van der Waals surface area (Å²) in [4.78, 5) is 24.2. The molecule has 27 heavy (non-hydrogen) atoms. The summed E-state index contributed by atoms with van der Waals surface area (Å²) in [7, 11) is -4.26. The topological polar surface area (TPSA) is 112 Å². The number of aromatic nitrogens is 2. The third-order valence-corrected chi connectivity index (χ3v) is 5.38. The summed E-state index contributed by atoms with van der Waals surface area (Å²) in [6.45, 7) is 8.87. The van der Waals surface area contributed by atoms with Crippen molar-refractivity contribution in [2.45, 2.75) is 71.7 Å². The Labute approximate surface area is 163 Å². The maximum absolute atomic E-state index is 12.2. The Morgan fingerprint density at radius 3 is 2.67 bits per heavy atom. The molecular weight excluding hydrogens is 395 g/mol.